The highest BCUT2D eigenvalue weighted by Gasteiger charge is 2.20. The summed E-state index contributed by atoms with van der Waals surface area (Å²) in [5.74, 6) is 0.566. The Bertz CT molecular complexity index is 878. The molecule has 8 nitrogen and oxygen atoms in total. The molecule has 2 heterocycles. The van der Waals surface area contributed by atoms with Gasteiger partial charge in [0.05, 0.1) is 13.7 Å². The van der Waals surface area contributed by atoms with E-state index in [2.05, 4.69) is 20.5 Å². The van der Waals surface area contributed by atoms with Crippen molar-refractivity contribution in [3.05, 3.63) is 40.3 Å². The average molecular weight is 460 g/mol. The monoisotopic (exact) mass is 459 g/mol. The molecule has 0 aliphatic carbocycles. The first kappa shape index (κ1) is 24.0. The molecule has 0 saturated carbocycles. The van der Waals surface area contributed by atoms with Crippen molar-refractivity contribution in [3.63, 3.8) is 0 Å². The molecule has 0 spiro atoms. The molecule has 174 valence electrons. The topological polar surface area (TPSA) is 86.8 Å². The van der Waals surface area contributed by atoms with E-state index in [1.165, 1.54) is 30.6 Å². The number of hydrogen-bond acceptors (Lipinski definition) is 6. The normalized spacial score (nSPS) is 14.2. The zero-order valence-electron chi connectivity index (χ0n) is 19.1. The molecule has 1 saturated heterocycles. The van der Waals surface area contributed by atoms with Crippen LogP contribution in [0.3, 0.4) is 0 Å². The zero-order chi connectivity index (χ0) is 22.9. The summed E-state index contributed by atoms with van der Waals surface area (Å²) in [6, 6.07) is 6.95. The van der Waals surface area contributed by atoms with Crippen LogP contribution in [-0.4, -0.2) is 66.1 Å². The number of amides is 3. The van der Waals surface area contributed by atoms with Crippen LogP contribution in [0.5, 0.6) is 5.75 Å². The molecule has 0 atom stereocenters. The minimum Gasteiger partial charge on any atom is -0.497 e. The summed E-state index contributed by atoms with van der Waals surface area (Å²) in [5, 5.41) is 8.35. The second kappa shape index (κ2) is 11.8. The molecule has 0 bridgehead atoms. The third kappa shape index (κ3) is 6.93. The van der Waals surface area contributed by atoms with Crippen molar-refractivity contribution < 1.29 is 14.3 Å². The summed E-state index contributed by atoms with van der Waals surface area (Å²) in [5.41, 5.74) is 1.09. The maximum absolute atomic E-state index is 12.8. The third-order valence-corrected chi connectivity index (χ3v) is 6.31. The van der Waals surface area contributed by atoms with Gasteiger partial charge < -0.3 is 25.2 Å². The number of urea groups is 1. The van der Waals surface area contributed by atoms with Crippen molar-refractivity contribution in [2.24, 2.45) is 0 Å². The lowest BCUT2D eigenvalue weighted by atomic mass is 10.1. The number of carbonyl (C=O) groups excluding carboxylic acids is 2. The van der Waals surface area contributed by atoms with Crippen LogP contribution in [0.1, 0.15) is 48.6 Å². The van der Waals surface area contributed by atoms with E-state index in [4.69, 9.17) is 4.74 Å². The van der Waals surface area contributed by atoms with E-state index in [9.17, 15) is 9.59 Å². The average Bonchev–Trinajstić information content (AvgIpc) is 3.27. The first-order valence-corrected chi connectivity index (χ1v) is 12.0. The lowest BCUT2D eigenvalue weighted by Crippen LogP contribution is -2.39. The summed E-state index contributed by atoms with van der Waals surface area (Å²) < 4.78 is 5.15. The van der Waals surface area contributed by atoms with Crippen molar-refractivity contribution in [2.45, 2.75) is 45.7 Å². The first-order valence-electron chi connectivity index (χ1n) is 11.1. The van der Waals surface area contributed by atoms with Crippen LogP contribution < -0.4 is 15.4 Å². The minimum absolute atomic E-state index is 0.0287. The number of nitrogens with zero attached hydrogens (tertiary/aromatic N) is 3. The quantitative estimate of drug-likeness (QED) is 0.596. The summed E-state index contributed by atoms with van der Waals surface area (Å²) in [6.07, 6.45) is 3.78. The van der Waals surface area contributed by atoms with Gasteiger partial charge in [-0.1, -0.05) is 6.42 Å². The van der Waals surface area contributed by atoms with Crippen LogP contribution >= 0.6 is 11.3 Å². The molecule has 1 fully saturated rings. The van der Waals surface area contributed by atoms with E-state index in [1.807, 2.05) is 13.8 Å². The van der Waals surface area contributed by atoms with Crippen LogP contribution in [0, 0.1) is 0 Å². The second-order valence-corrected chi connectivity index (χ2v) is 9.11. The fourth-order valence-electron chi connectivity index (χ4n) is 3.59. The smallest absolute Gasteiger partial charge is 0.322 e. The Balaban J connectivity index is 1.52. The molecule has 3 amide bonds. The van der Waals surface area contributed by atoms with Crippen molar-refractivity contribution >= 4 is 29.0 Å². The number of likely N-dealkylation sites (tertiary alicyclic amines) is 1. The number of thiazole rings is 1. The standard InChI is InChI=1S/C23H33N5O3S/c1-17(2)28(23(30)25-18-7-9-19(31-3)10-8-18)15-21-26-20(16-32-21)22(29)24-11-14-27-12-5-4-6-13-27/h7-10,16-17H,4-6,11-15H2,1-3H3,(H,24,29)(H,25,30). The Morgan fingerprint density at radius 1 is 1.19 bits per heavy atom. The molecule has 1 aliphatic heterocycles. The highest BCUT2D eigenvalue weighted by atomic mass is 32.1. The fraction of sp³-hybridized carbons (Fsp3) is 0.522. The van der Waals surface area contributed by atoms with Gasteiger partial charge in [0.1, 0.15) is 16.5 Å². The van der Waals surface area contributed by atoms with Gasteiger partial charge in [0.25, 0.3) is 5.91 Å². The number of ether oxygens (including phenoxy) is 1. The van der Waals surface area contributed by atoms with Gasteiger partial charge in [-0.3, -0.25) is 4.79 Å². The Labute approximate surface area is 194 Å². The highest BCUT2D eigenvalue weighted by Crippen LogP contribution is 2.18. The Kier molecular flexibility index (Phi) is 8.87. The Hall–Kier alpha value is -2.65. The van der Waals surface area contributed by atoms with Gasteiger partial charge in [0, 0.05) is 30.2 Å². The summed E-state index contributed by atoms with van der Waals surface area (Å²) >= 11 is 1.39. The molecule has 1 aromatic heterocycles. The van der Waals surface area contributed by atoms with Crippen LogP contribution in [0.15, 0.2) is 29.6 Å². The number of nitrogens with one attached hydrogen (secondary N) is 2. The van der Waals surface area contributed by atoms with Crippen molar-refractivity contribution in [1.82, 2.24) is 20.1 Å². The fourth-order valence-corrected chi connectivity index (χ4v) is 4.37. The molecule has 1 aromatic carbocycles. The van der Waals surface area contributed by atoms with Crippen molar-refractivity contribution in [1.29, 1.82) is 0 Å². The number of methoxy groups -OCH3 is 1. The second-order valence-electron chi connectivity index (χ2n) is 8.16. The molecule has 9 heteroatoms. The molecule has 0 unspecified atom stereocenters. The number of piperidine rings is 1. The van der Waals surface area contributed by atoms with Gasteiger partial charge in [0.2, 0.25) is 0 Å². The van der Waals surface area contributed by atoms with Crippen molar-refractivity contribution in [3.8, 4) is 5.75 Å². The third-order valence-electron chi connectivity index (χ3n) is 5.48. The molecular formula is C23H33N5O3S. The molecule has 32 heavy (non-hydrogen) atoms. The number of carbonyl (C=O) groups is 2. The predicted octanol–water partition coefficient (Wildman–Crippen LogP) is 3.81. The lowest BCUT2D eigenvalue weighted by Gasteiger charge is -2.26. The van der Waals surface area contributed by atoms with E-state index in [1.54, 1.807) is 41.7 Å². The zero-order valence-corrected chi connectivity index (χ0v) is 19.9. The SMILES string of the molecule is COc1ccc(NC(=O)N(Cc2nc(C(=O)NCCN3CCCCC3)cs2)C(C)C)cc1. The first-order chi connectivity index (χ1) is 15.5. The molecule has 2 aromatic rings. The van der Waals surface area contributed by atoms with Crippen molar-refractivity contribution in [2.75, 3.05) is 38.6 Å². The van der Waals surface area contributed by atoms with E-state index >= 15 is 0 Å². The maximum atomic E-state index is 12.8. The molecule has 0 radical (unpaired) electrons. The Morgan fingerprint density at radius 2 is 1.91 bits per heavy atom. The molecular weight excluding hydrogens is 426 g/mol. The van der Waals surface area contributed by atoms with Gasteiger partial charge in [-0.05, 0) is 64.0 Å². The number of aromatic nitrogens is 1. The lowest BCUT2D eigenvalue weighted by molar-refractivity contribution is 0.0942. The summed E-state index contributed by atoms with van der Waals surface area (Å²) in [4.78, 5) is 33.8. The number of rotatable bonds is 9. The Morgan fingerprint density at radius 3 is 2.56 bits per heavy atom. The maximum Gasteiger partial charge on any atom is 0.322 e. The molecule has 1 aliphatic rings. The van der Waals surface area contributed by atoms with E-state index in [0.29, 0.717) is 24.5 Å². The minimum atomic E-state index is -0.215. The largest absolute Gasteiger partial charge is 0.497 e. The summed E-state index contributed by atoms with van der Waals surface area (Å²) in [6.45, 7) is 7.96. The van der Waals surface area contributed by atoms with Crippen LogP contribution in [0.25, 0.3) is 0 Å². The van der Waals surface area contributed by atoms with E-state index in [-0.39, 0.29) is 18.0 Å². The molecule has 3 rings (SSSR count). The number of benzene rings is 1. The van der Waals surface area contributed by atoms with E-state index in [0.717, 1.165) is 30.4 Å². The van der Waals surface area contributed by atoms with Gasteiger partial charge in [-0.15, -0.1) is 11.3 Å². The van der Waals surface area contributed by atoms with Crippen LogP contribution in [-0.2, 0) is 6.54 Å². The number of hydrogen-bond donors (Lipinski definition) is 2. The highest BCUT2D eigenvalue weighted by molar-refractivity contribution is 7.09. The molecule has 2 N–H and O–H groups in total. The predicted molar refractivity (Wildman–Crippen MR) is 127 cm³/mol. The number of anilines is 1. The van der Waals surface area contributed by atoms with Gasteiger partial charge in [-0.25, -0.2) is 9.78 Å². The summed E-state index contributed by atoms with van der Waals surface area (Å²) in [7, 11) is 1.60. The van der Waals surface area contributed by atoms with Gasteiger partial charge in [0.15, 0.2) is 0 Å². The van der Waals surface area contributed by atoms with E-state index < -0.39 is 0 Å². The van der Waals surface area contributed by atoms with Crippen LogP contribution in [0.4, 0.5) is 10.5 Å². The van der Waals surface area contributed by atoms with Gasteiger partial charge >= 0.3 is 6.03 Å². The van der Waals surface area contributed by atoms with Crippen LogP contribution in [0.2, 0.25) is 0 Å². The van der Waals surface area contributed by atoms with Gasteiger partial charge in [-0.2, -0.15) is 0 Å².